The Hall–Kier alpha value is -3.39. The summed E-state index contributed by atoms with van der Waals surface area (Å²) in [6.07, 6.45) is 0. The first-order valence-corrected chi connectivity index (χ1v) is 12.8. The summed E-state index contributed by atoms with van der Waals surface area (Å²) >= 11 is 0. The zero-order chi connectivity index (χ0) is 21.9. The van der Waals surface area contributed by atoms with Crippen LogP contribution < -0.4 is 10.6 Å². The normalized spacial score (nSPS) is 17.6. The van der Waals surface area contributed by atoms with Crippen molar-refractivity contribution < 1.29 is 13.6 Å². The molecule has 0 bridgehead atoms. The SMILES string of the molecule is CCOP1(c2ccccc2)(c2ccccc2)OC(c2ccccc2)=C(c2ccccc2)O1. The monoisotopic (exact) mass is 440 g/mol. The maximum atomic E-state index is 7.07. The van der Waals surface area contributed by atoms with Gasteiger partial charge >= 0.3 is 189 Å². The van der Waals surface area contributed by atoms with E-state index in [4.69, 9.17) is 13.6 Å². The van der Waals surface area contributed by atoms with Gasteiger partial charge in [0.1, 0.15) is 0 Å². The van der Waals surface area contributed by atoms with Crippen LogP contribution in [0.5, 0.6) is 0 Å². The first-order valence-electron chi connectivity index (χ1n) is 10.8. The van der Waals surface area contributed by atoms with Crippen molar-refractivity contribution in [3.63, 3.8) is 0 Å². The van der Waals surface area contributed by atoms with Crippen LogP contribution in [0.1, 0.15) is 18.1 Å². The third-order valence-electron chi connectivity index (χ3n) is 5.56. The van der Waals surface area contributed by atoms with Gasteiger partial charge in [-0.15, -0.1) is 0 Å². The molecule has 32 heavy (non-hydrogen) atoms. The minimum atomic E-state index is -4.02. The maximum absolute atomic E-state index is 7.07. The second-order valence-corrected chi connectivity index (χ2v) is 11.0. The van der Waals surface area contributed by atoms with Gasteiger partial charge in [-0.25, -0.2) is 0 Å². The number of benzene rings is 4. The molecule has 0 saturated carbocycles. The summed E-state index contributed by atoms with van der Waals surface area (Å²) in [7, 11) is -4.02. The van der Waals surface area contributed by atoms with E-state index in [0.717, 1.165) is 21.7 Å². The number of hydrogen-bond donors (Lipinski definition) is 0. The van der Waals surface area contributed by atoms with Gasteiger partial charge in [0.25, 0.3) is 0 Å². The first-order chi connectivity index (χ1) is 15.8. The van der Waals surface area contributed by atoms with Crippen molar-refractivity contribution in [1.82, 2.24) is 0 Å². The number of hydrogen-bond acceptors (Lipinski definition) is 3. The van der Waals surface area contributed by atoms with Gasteiger partial charge in [-0.2, -0.15) is 0 Å². The predicted octanol–water partition coefficient (Wildman–Crippen LogP) is 6.55. The fourth-order valence-corrected chi connectivity index (χ4v) is 8.19. The molecule has 1 heterocycles. The molecular formula is C28H25O3P. The molecule has 0 atom stereocenters. The Morgan fingerprint density at radius 1 is 0.531 bits per heavy atom. The van der Waals surface area contributed by atoms with Crippen molar-refractivity contribution in [2.45, 2.75) is 6.92 Å². The molecule has 1 aliphatic heterocycles. The number of rotatable bonds is 6. The topological polar surface area (TPSA) is 27.7 Å². The fraction of sp³-hybridized carbons (Fsp3) is 0.0714. The Balaban J connectivity index is 1.82. The van der Waals surface area contributed by atoms with E-state index in [1.807, 2.05) is 128 Å². The van der Waals surface area contributed by atoms with Gasteiger partial charge < -0.3 is 0 Å². The van der Waals surface area contributed by atoms with Crippen LogP contribution in [0.25, 0.3) is 11.5 Å². The predicted molar refractivity (Wildman–Crippen MR) is 133 cm³/mol. The average molecular weight is 440 g/mol. The second kappa shape index (κ2) is 8.27. The van der Waals surface area contributed by atoms with E-state index in [9.17, 15) is 0 Å². The Bertz CT molecular complexity index is 1130. The van der Waals surface area contributed by atoms with Crippen LogP contribution in [-0.2, 0) is 13.6 Å². The van der Waals surface area contributed by atoms with Crippen LogP contribution in [0, 0.1) is 0 Å². The molecule has 0 unspecified atom stereocenters. The summed E-state index contributed by atoms with van der Waals surface area (Å²) in [5.74, 6) is 1.38. The van der Waals surface area contributed by atoms with E-state index in [1.54, 1.807) is 0 Å². The molecular weight excluding hydrogens is 415 g/mol. The Kier molecular flexibility index (Phi) is 5.30. The zero-order valence-electron chi connectivity index (χ0n) is 17.9. The van der Waals surface area contributed by atoms with Crippen molar-refractivity contribution in [2.75, 3.05) is 6.61 Å². The standard InChI is InChI=1S/C28H25O3P/c1-2-29-32(25-19-11-5-12-20-25,26-21-13-6-14-22-26)30-27(23-15-7-3-8-16-23)28(31-32)24-17-9-4-10-18-24/h3-22H,2H2,1H3. The molecule has 5 rings (SSSR count). The molecule has 4 aromatic rings. The quantitative estimate of drug-likeness (QED) is 0.319. The third kappa shape index (κ3) is 3.22. The average Bonchev–Trinajstić information content (AvgIpc) is 3.25. The molecule has 0 N–H and O–H groups in total. The molecule has 4 heteroatoms. The van der Waals surface area contributed by atoms with Crippen molar-refractivity contribution in [2.24, 2.45) is 0 Å². The van der Waals surface area contributed by atoms with Crippen molar-refractivity contribution in [1.29, 1.82) is 0 Å². The van der Waals surface area contributed by atoms with Crippen LogP contribution in [0.4, 0.5) is 0 Å². The zero-order valence-corrected chi connectivity index (χ0v) is 18.8. The van der Waals surface area contributed by atoms with E-state index in [1.165, 1.54) is 0 Å². The van der Waals surface area contributed by atoms with Crippen molar-refractivity contribution in [3.8, 4) is 0 Å². The van der Waals surface area contributed by atoms with E-state index >= 15 is 0 Å². The van der Waals surface area contributed by atoms with Crippen LogP contribution in [0.2, 0.25) is 0 Å². The molecule has 0 aromatic heterocycles. The molecule has 1 aliphatic rings. The van der Waals surface area contributed by atoms with Crippen LogP contribution in [0.3, 0.4) is 0 Å². The Morgan fingerprint density at radius 3 is 1.22 bits per heavy atom. The molecule has 0 fully saturated rings. The van der Waals surface area contributed by atoms with Gasteiger partial charge in [-0.3, -0.25) is 0 Å². The summed E-state index contributed by atoms with van der Waals surface area (Å²) in [6, 6.07) is 40.3. The summed E-state index contributed by atoms with van der Waals surface area (Å²) < 4.78 is 20.8. The molecule has 3 nitrogen and oxygen atoms in total. The third-order valence-corrected chi connectivity index (χ3v) is 9.69. The van der Waals surface area contributed by atoms with Gasteiger partial charge in [-0.05, 0) is 0 Å². The summed E-state index contributed by atoms with van der Waals surface area (Å²) in [6.45, 7) is 2.42. The first kappa shape index (κ1) is 20.5. The van der Waals surface area contributed by atoms with Crippen LogP contribution >= 0.6 is 7.28 Å². The van der Waals surface area contributed by atoms with Gasteiger partial charge in [0.2, 0.25) is 0 Å². The van der Waals surface area contributed by atoms with Crippen LogP contribution in [0.15, 0.2) is 121 Å². The molecule has 0 amide bonds. The van der Waals surface area contributed by atoms with E-state index in [0.29, 0.717) is 18.1 Å². The molecule has 0 aliphatic carbocycles. The van der Waals surface area contributed by atoms with E-state index < -0.39 is 7.28 Å². The van der Waals surface area contributed by atoms with Gasteiger partial charge in [0, 0.05) is 0 Å². The molecule has 0 radical (unpaired) electrons. The molecule has 0 spiro atoms. The second-order valence-electron chi connectivity index (χ2n) is 7.54. The summed E-state index contributed by atoms with van der Waals surface area (Å²) in [5, 5.41) is 1.79. The fourth-order valence-electron chi connectivity index (χ4n) is 4.15. The van der Waals surface area contributed by atoms with Crippen LogP contribution in [-0.4, -0.2) is 6.61 Å². The van der Waals surface area contributed by atoms with E-state index in [-0.39, 0.29) is 0 Å². The molecule has 4 aromatic carbocycles. The van der Waals surface area contributed by atoms with Crippen molar-refractivity contribution in [3.05, 3.63) is 132 Å². The van der Waals surface area contributed by atoms with Crippen molar-refractivity contribution >= 4 is 29.4 Å². The minimum absolute atomic E-state index is 0.436. The van der Waals surface area contributed by atoms with Gasteiger partial charge in [-0.1, -0.05) is 0 Å². The summed E-state index contributed by atoms with van der Waals surface area (Å²) in [5.41, 5.74) is 1.90. The Labute approximate surface area is 189 Å². The Morgan fingerprint density at radius 2 is 0.875 bits per heavy atom. The van der Waals surface area contributed by atoms with E-state index in [2.05, 4.69) is 0 Å². The summed E-state index contributed by atoms with van der Waals surface area (Å²) in [4.78, 5) is 0. The molecule has 0 saturated heterocycles. The molecule has 160 valence electrons. The van der Waals surface area contributed by atoms with Gasteiger partial charge in [0.05, 0.1) is 0 Å². The van der Waals surface area contributed by atoms with Gasteiger partial charge in [0.15, 0.2) is 0 Å².